The third-order valence-corrected chi connectivity index (χ3v) is 4.59. The van der Waals surface area contributed by atoms with E-state index in [0.29, 0.717) is 12.8 Å². The zero-order chi connectivity index (χ0) is 14.0. The van der Waals surface area contributed by atoms with Crippen LogP contribution in [0.5, 0.6) is 0 Å². The molecule has 0 rings (SSSR count). The van der Waals surface area contributed by atoms with Gasteiger partial charge in [-0.05, 0) is 12.8 Å². The Morgan fingerprint density at radius 2 is 1.20 bits per heavy atom. The fourth-order valence-electron chi connectivity index (χ4n) is 1.01. The van der Waals surface area contributed by atoms with Gasteiger partial charge in [0.05, 0.1) is 14.2 Å². The standard InChI is InChI=1S/C10H20N2O4S2.2ClH/c1-15-9(13)7(11)3-5-17-18-6-4-8(12)10(14)16-2;;/h7-8H,3-6,11-12H2,1-2H3;2*1H. The van der Waals surface area contributed by atoms with E-state index in [1.165, 1.54) is 14.2 Å². The van der Waals surface area contributed by atoms with E-state index in [9.17, 15) is 9.59 Å². The number of hydrogen-bond acceptors (Lipinski definition) is 8. The molecule has 0 aliphatic heterocycles. The van der Waals surface area contributed by atoms with E-state index in [1.54, 1.807) is 21.6 Å². The Hall–Kier alpha value is 0.140. The van der Waals surface area contributed by atoms with Crippen LogP contribution in [0.2, 0.25) is 0 Å². The average molecular weight is 369 g/mol. The molecule has 2 unspecified atom stereocenters. The number of halogens is 2. The average Bonchev–Trinajstić information content (AvgIpc) is 2.39. The number of methoxy groups -OCH3 is 2. The molecule has 2 atom stereocenters. The number of nitrogens with two attached hydrogens (primary N) is 2. The summed E-state index contributed by atoms with van der Waals surface area (Å²) in [5.74, 6) is 0.699. The number of esters is 2. The van der Waals surface area contributed by atoms with Gasteiger partial charge in [-0.15, -0.1) is 24.8 Å². The van der Waals surface area contributed by atoms with Gasteiger partial charge in [-0.2, -0.15) is 0 Å². The third-order valence-electron chi connectivity index (χ3n) is 2.12. The molecule has 0 radical (unpaired) electrons. The van der Waals surface area contributed by atoms with Crippen LogP contribution in [0.25, 0.3) is 0 Å². The van der Waals surface area contributed by atoms with Crippen molar-refractivity contribution in [2.45, 2.75) is 24.9 Å². The molecule has 0 saturated carbocycles. The Labute approximate surface area is 139 Å². The molecule has 0 aromatic carbocycles. The Morgan fingerprint density at radius 1 is 0.900 bits per heavy atom. The summed E-state index contributed by atoms with van der Waals surface area (Å²) in [7, 11) is 5.82. The molecule has 6 nitrogen and oxygen atoms in total. The third kappa shape index (κ3) is 11.9. The summed E-state index contributed by atoms with van der Waals surface area (Å²) in [4.78, 5) is 22.0. The van der Waals surface area contributed by atoms with Crippen molar-refractivity contribution in [3.05, 3.63) is 0 Å². The molecule has 10 heteroatoms. The van der Waals surface area contributed by atoms with Crippen molar-refractivity contribution >= 4 is 58.3 Å². The molecule has 0 aromatic rings. The minimum absolute atomic E-state index is 0. The Bertz CT molecular complexity index is 250. The monoisotopic (exact) mass is 368 g/mol. The van der Waals surface area contributed by atoms with E-state index in [4.69, 9.17) is 11.5 Å². The van der Waals surface area contributed by atoms with E-state index >= 15 is 0 Å². The van der Waals surface area contributed by atoms with Crippen LogP contribution in [-0.2, 0) is 19.1 Å². The van der Waals surface area contributed by atoms with Crippen LogP contribution < -0.4 is 11.5 Å². The molecule has 0 aliphatic carbocycles. The SMILES string of the molecule is COC(=O)C(N)CCSSCCC(N)C(=O)OC.Cl.Cl. The van der Waals surface area contributed by atoms with E-state index < -0.39 is 24.0 Å². The van der Waals surface area contributed by atoms with Crippen molar-refractivity contribution in [3.8, 4) is 0 Å². The first-order valence-electron chi connectivity index (χ1n) is 5.44. The van der Waals surface area contributed by atoms with Crippen molar-refractivity contribution in [2.75, 3.05) is 25.7 Å². The predicted molar refractivity (Wildman–Crippen MR) is 88.6 cm³/mol. The van der Waals surface area contributed by atoms with Crippen LogP contribution in [0.3, 0.4) is 0 Å². The van der Waals surface area contributed by atoms with Gasteiger partial charge >= 0.3 is 11.9 Å². The van der Waals surface area contributed by atoms with E-state index in [1.807, 2.05) is 0 Å². The number of hydrogen-bond donors (Lipinski definition) is 2. The van der Waals surface area contributed by atoms with Gasteiger partial charge in [0.2, 0.25) is 0 Å². The van der Waals surface area contributed by atoms with Gasteiger partial charge in [0.1, 0.15) is 12.1 Å². The molecule has 122 valence electrons. The molecule has 0 amide bonds. The normalized spacial score (nSPS) is 12.4. The first-order valence-corrected chi connectivity index (χ1v) is 7.93. The second kappa shape index (κ2) is 15.5. The first-order chi connectivity index (χ1) is 8.52. The summed E-state index contributed by atoms with van der Waals surface area (Å²) >= 11 is 0. The zero-order valence-corrected chi connectivity index (χ0v) is 14.7. The lowest BCUT2D eigenvalue weighted by molar-refractivity contribution is -0.143. The minimum Gasteiger partial charge on any atom is -0.468 e. The highest BCUT2D eigenvalue weighted by Crippen LogP contribution is 2.23. The Kier molecular flexibility index (Phi) is 19.5. The van der Waals surface area contributed by atoms with Crippen LogP contribution in [0.4, 0.5) is 0 Å². The fourth-order valence-corrected chi connectivity index (χ4v) is 3.23. The molecule has 0 saturated heterocycles. The maximum atomic E-state index is 11.0. The number of carbonyl (C=O) groups excluding carboxylic acids is 2. The molecule has 4 N–H and O–H groups in total. The number of rotatable bonds is 9. The van der Waals surface area contributed by atoms with E-state index in [2.05, 4.69) is 9.47 Å². The van der Waals surface area contributed by atoms with Gasteiger partial charge < -0.3 is 20.9 Å². The van der Waals surface area contributed by atoms with Crippen molar-refractivity contribution in [1.29, 1.82) is 0 Å². The molecular weight excluding hydrogens is 347 g/mol. The van der Waals surface area contributed by atoms with Crippen LogP contribution in [0.1, 0.15) is 12.8 Å². The summed E-state index contributed by atoms with van der Waals surface area (Å²) < 4.78 is 9.02. The van der Waals surface area contributed by atoms with Gasteiger partial charge in [0, 0.05) is 11.5 Å². The maximum absolute atomic E-state index is 11.0. The number of ether oxygens (including phenoxy) is 2. The van der Waals surface area contributed by atoms with Gasteiger partial charge in [-0.1, -0.05) is 21.6 Å². The second-order valence-electron chi connectivity index (χ2n) is 3.48. The Balaban J connectivity index is -0.00000144. The smallest absolute Gasteiger partial charge is 0.322 e. The van der Waals surface area contributed by atoms with Crippen molar-refractivity contribution < 1.29 is 19.1 Å². The van der Waals surface area contributed by atoms with Crippen molar-refractivity contribution in [1.82, 2.24) is 0 Å². The van der Waals surface area contributed by atoms with Crippen LogP contribution in [0.15, 0.2) is 0 Å². The fraction of sp³-hybridized carbons (Fsp3) is 0.800. The maximum Gasteiger partial charge on any atom is 0.322 e. The molecule has 0 heterocycles. The largest absolute Gasteiger partial charge is 0.468 e. The summed E-state index contributed by atoms with van der Waals surface area (Å²) in [6.45, 7) is 0. The molecule has 0 aromatic heterocycles. The Morgan fingerprint density at radius 3 is 1.45 bits per heavy atom. The predicted octanol–water partition coefficient (Wildman–Crippen LogP) is 0.992. The topological polar surface area (TPSA) is 105 Å². The molecule has 20 heavy (non-hydrogen) atoms. The first kappa shape index (κ1) is 25.1. The quantitative estimate of drug-likeness (QED) is 0.352. The summed E-state index contributed by atoms with van der Waals surface area (Å²) in [5, 5.41) is 0. The molecule has 0 fully saturated rings. The highest BCUT2D eigenvalue weighted by Gasteiger charge is 2.14. The molecule has 0 bridgehead atoms. The van der Waals surface area contributed by atoms with Gasteiger partial charge in [0.25, 0.3) is 0 Å². The lowest BCUT2D eigenvalue weighted by Gasteiger charge is -2.09. The lowest BCUT2D eigenvalue weighted by Crippen LogP contribution is -2.32. The van der Waals surface area contributed by atoms with Gasteiger partial charge in [0.15, 0.2) is 0 Å². The van der Waals surface area contributed by atoms with Crippen LogP contribution >= 0.6 is 46.4 Å². The van der Waals surface area contributed by atoms with E-state index in [0.717, 1.165) is 11.5 Å². The molecule has 0 aliphatic rings. The second-order valence-corrected chi connectivity index (χ2v) is 6.18. The van der Waals surface area contributed by atoms with Gasteiger partial charge in [-0.25, -0.2) is 0 Å². The van der Waals surface area contributed by atoms with E-state index in [-0.39, 0.29) is 24.8 Å². The summed E-state index contributed by atoms with van der Waals surface area (Å²) in [6, 6.07) is -1.14. The summed E-state index contributed by atoms with van der Waals surface area (Å²) in [5.41, 5.74) is 11.1. The highest BCUT2D eigenvalue weighted by molar-refractivity contribution is 8.76. The van der Waals surface area contributed by atoms with Crippen molar-refractivity contribution in [2.24, 2.45) is 11.5 Å². The lowest BCUT2D eigenvalue weighted by atomic mass is 10.2. The van der Waals surface area contributed by atoms with Gasteiger partial charge in [-0.3, -0.25) is 9.59 Å². The molecular formula is C10H22Cl2N2O4S2. The molecule has 0 spiro atoms. The van der Waals surface area contributed by atoms with Crippen LogP contribution in [0, 0.1) is 0 Å². The van der Waals surface area contributed by atoms with Crippen LogP contribution in [-0.4, -0.2) is 49.7 Å². The minimum atomic E-state index is -0.569. The number of carbonyl (C=O) groups is 2. The zero-order valence-electron chi connectivity index (χ0n) is 11.4. The summed E-state index contributed by atoms with van der Waals surface area (Å²) in [6.07, 6.45) is 1.13. The highest BCUT2D eigenvalue weighted by atomic mass is 35.5. The van der Waals surface area contributed by atoms with Crippen molar-refractivity contribution in [3.63, 3.8) is 0 Å².